The van der Waals surface area contributed by atoms with E-state index in [4.69, 9.17) is 4.74 Å². The number of hydrogen-bond acceptors (Lipinski definition) is 3. The predicted molar refractivity (Wildman–Crippen MR) is 78.9 cm³/mol. The van der Waals surface area contributed by atoms with Crippen molar-refractivity contribution in [1.29, 1.82) is 0 Å². The Labute approximate surface area is 120 Å². The van der Waals surface area contributed by atoms with E-state index in [0.717, 1.165) is 38.3 Å². The second kappa shape index (κ2) is 5.54. The van der Waals surface area contributed by atoms with Gasteiger partial charge in [-0.3, -0.25) is 9.69 Å². The number of morpholine rings is 1. The molecule has 1 aromatic carbocycles. The van der Waals surface area contributed by atoms with Crippen LogP contribution in [0, 0.1) is 0 Å². The third kappa shape index (κ3) is 2.45. The maximum Gasteiger partial charge on any atom is 0.244 e. The minimum absolute atomic E-state index is 0.0764. The van der Waals surface area contributed by atoms with E-state index in [1.54, 1.807) is 0 Å². The van der Waals surface area contributed by atoms with Gasteiger partial charge >= 0.3 is 0 Å². The number of ether oxygens (including phenoxy) is 1. The summed E-state index contributed by atoms with van der Waals surface area (Å²) in [5, 5.41) is 0. The molecule has 4 heteroatoms. The van der Waals surface area contributed by atoms with E-state index >= 15 is 0 Å². The second-order valence-electron chi connectivity index (χ2n) is 5.72. The summed E-state index contributed by atoms with van der Waals surface area (Å²) >= 11 is 0. The van der Waals surface area contributed by atoms with Crippen molar-refractivity contribution in [3.63, 3.8) is 0 Å². The first-order valence-corrected chi connectivity index (χ1v) is 7.42. The Morgan fingerprint density at radius 3 is 2.95 bits per heavy atom. The molecule has 3 rings (SSSR count). The van der Waals surface area contributed by atoms with Gasteiger partial charge in [0.1, 0.15) is 0 Å². The van der Waals surface area contributed by atoms with Gasteiger partial charge in [-0.15, -0.1) is 0 Å². The maximum absolute atomic E-state index is 12.8. The molecule has 2 aliphatic heterocycles. The summed E-state index contributed by atoms with van der Waals surface area (Å²) in [6, 6.07) is 8.14. The van der Waals surface area contributed by atoms with E-state index in [9.17, 15) is 4.79 Å². The quantitative estimate of drug-likeness (QED) is 0.822. The van der Waals surface area contributed by atoms with E-state index < -0.39 is 0 Å². The number of hydrogen-bond donors (Lipinski definition) is 0. The van der Waals surface area contributed by atoms with Crippen LogP contribution in [-0.4, -0.2) is 49.2 Å². The van der Waals surface area contributed by atoms with Crippen molar-refractivity contribution in [3.05, 3.63) is 29.8 Å². The Kier molecular flexibility index (Phi) is 3.76. The van der Waals surface area contributed by atoms with Gasteiger partial charge in [-0.2, -0.15) is 0 Å². The molecule has 20 heavy (non-hydrogen) atoms. The van der Waals surface area contributed by atoms with E-state index in [1.165, 1.54) is 5.56 Å². The summed E-state index contributed by atoms with van der Waals surface area (Å²) in [5.74, 6) is 0.212. The SMILES string of the molecule is CC1CN(C(C)C(=O)N2CCc3ccccc32)CCO1. The third-order valence-corrected chi connectivity index (χ3v) is 4.33. The van der Waals surface area contributed by atoms with E-state index in [2.05, 4.69) is 24.0 Å². The summed E-state index contributed by atoms with van der Waals surface area (Å²) in [7, 11) is 0. The molecule has 0 aliphatic carbocycles. The summed E-state index contributed by atoms with van der Waals surface area (Å²) < 4.78 is 5.55. The van der Waals surface area contributed by atoms with Gasteiger partial charge in [0, 0.05) is 25.3 Å². The monoisotopic (exact) mass is 274 g/mol. The highest BCUT2D eigenvalue weighted by Crippen LogP contribution is 2.28. The van der Waals surface area contributed by atoms with Crippen LogP contribution in [0.5, 0.6) is 0 Å². The summed E-state index contributed by atoms with van der Waals surface area (Å²) in [5.41, 5.74) is 2.37. The molecule has 2 atom stereocenters. The second-order valence-corrected chi connectivity index (χ2v) is 5.72. The molecular formula is C16H22N2O2. The lowest BCUT2D eigenvalue weighted by Crippen LogP contribution is -2.52. The van der Waals surface area contributed by atoms with Crippen molar-refractivity contribution < 1.29 is 9.53 Å². The number of rotatable bonds is 2. The van der Waals surface area contributed by atoms with Crippen molar-refractivity contribution >= 4 is 11.6 Å². The summed E-state index contributed by atoms with van der Waals surface area (Å²) in [4.78, 5) is 16.9. The van der Waals surface area contributed by atoms with Crippen LogP contribution in [0.1, 0.15) is 19.4 Å². The number of anilines is 1. The summed E-state index contributed by atoms with van der Waals surface area (Å²) in [6.07, 6.45) is 1.18. The standard InChI is InChI=1S/C16H22N2O2/c1-12-11-17(9-10-20-12)13(2)16(19)18-8-7-14-5-3-4-6-15(14)18/h3-6,12-13H,7-11H2,1-2H3. The van der Waals surface area contributed by atoms with Crippen molar-refractivity contribution in [2.45, 2.75) is 32.4 Å². The molecule has 1 fully saturated rings. The number of nitrogens with zero attached hydrogens (tertiary/aromatic N) is 2. The average Bonchev–Trinajstić information content (AvgIpc) is 2.89. The van der Waals surface area contributed by atoms with Crippen molar-refractivity contribution in [2.24, 2.45) is 0 Å². The molecule has 1 saturated heterocycles. The molecule has 108 valence electrons. The maximum atomic E-state index is 12.8. The van der Waals surface area contributed by atoms with Crippen molar-refractivity contribution in [1.82, 2.24) is 4.90 Å². The van der Waals surface area contributed by atoms with Gasteiger partial charge < -0.3 is 9.64 Å². The van der Waals surface area contributed by atoms with E-state index in [1.807, 2.05) is 24.0 Å². The fourth-order valence-electron chi connectivity index (χ4n) is 3.15. The predicted octanol–water partition coefficient (Wildman–Crippen LogP) is 1.68. The van der Waals surface area contributed by atoms with Crippen LogP contribution < -0.4 is 4.90 Å². The zero-order chi connectivity index (χ0) is 14.1. The molecule has 0 spiro atoms. The molecular weight excluding hydrogens is 252 g/mol. The van der Waals surface area contributed by atoms with Gasteiger partial charge in [-0.25, -0.2) is 0 Å². The van der Waals surface area contributed by atoms with Gasteiger partial charge in [0.25, 0.3) is 0 Å². The minimum atomic E-state index is -0.0764. The third-order valence-electron chi connectivity index (χ3n) is 4.33. The molecule has 2 heterocycles. The van der Waals surface area contributed by atoms with Gasteiger partial charge in [0.15, 0.2) is 0 Å². The first-order chi connectivity index (χ1) is 9.66. The Bertz CT molecular complexity index is 503. The van der Waals surface area contributed by atoms with Gasteiger partial charge in [0.2, 0.25) is 5.91 Å². The Morgan fingerprint density at radius 2 is 2.15 bits per heavy atom. The molecule has 1 aromatic rings. The van der Waals surface area contributed by atoms with Gasteiger partial charge in [-0.1, -0.05) is 18.2 Å². The van der Waals surface area contributed by atoms with Crippen LogP contribution in [0.4, 0.5) is 5.69 Å². The molecule has 2 aliphatic rings. The number of benzene rings is 1. The zero-order valence-electron chi connectivity index (χ0n) is 12.2. The number of para-hydroxylation sites is 1. The normalized spacial score (nSPS) is 24.5. The first kappa shape index (κ1) is 13.6. The number of carbonyl (C=O) groups excluding carboxylic acids is 1. The first-order valence-electron chi connectivity index (χ1n) is 7.42. The molecule has 0 bridgehead atoms. The number of carbonyl (C=O) groups is 1. The lowest BCUT2D eigenvalue weighted by Gasteiger charge is -2.36. The van der Waals surface area contributed by atoms with E-state index in [0.29, 0.717) is 0 Å². The van der Waals surface area contributed by atoms with Crippen LogP contribution >= 0.6 is 0 Å². The number of amides is 1. The zero-order valence-corrected chi connectivity index (χ0v) is 12.2. The largest absolute Gasteiger partial charge is 0.376 e. The van der Waals surface area contributed by atoms with Crippen LogP contribution in [0.3, 0.4) is 0 Å². The molecule has 2 unspecified atom stereocenters. The highest BCUT2D eigenvalue weighted by molar-refractivity contribution is 5.98. The number of fused-ring (bicyclic) bond motifs is 1. The fraction of sp³-hybridized carbons (Fsp3) is 0.562. The molecule has 0 aromatic heterocycles. The van der Waals surface area contributed by atoms with Crippen LogP contribution in [0.2, 0.25) is 0 Å². The van der Waals surface area contributed by atoms with Gasteiger partial charge in [0.05, 0.1) is 18.8 Å². The van der Waals surface area contributed by atoms with Crippen molar-refractivity contribution in [2.75, 3.05) is 31.1 Å². The molecule has 0 radical (unpaired) electrons. The van der Waals surface area contributed by atoms with Gasteiger partial charge in [-0.05, 0) is 31.9 Å². The van der Waals surface area contributed by atoms with Crippen LogP contribution in [0.25, 0.3) is 0 Å². The lowest BCUT2D eigenvalue weighted by atomic mass is 10.1. The smallest absolute Gasteiger partial charge is 0.244 e. The molecule has 1 amide bonds. The molecule has 4 nitrogen and oxygen atoms in total. The highest BCUT2D eigenvalue weighted by Gasteiger charge is 2.32. The topological polar surface area (TPSA) is 32.8 Å². The minimum Gasteiger partial charge on any atom is -0.376 e. The summed E-state index contributed by atoms with van der Waals surface area (Å²) in [6.45, 7) is 7.28. The Morgan fingerprint density at radius 1 is 1.35 bits per heavy atom. The fourth-order valence-corrected chi connectivity index (χ4v) is 3.15. The Hall–Kier alpha value is -1.39. The molecule has 0 saturated carbocycles. The average molecular weight is 274 g/mol. The highest BCUT2D eigenvalue weighted by atomic mass is 16.5. The van der Waals surface area contributed by atoms with Crippen LogP contribution in [-0.2, 0) is 16.0 Å². The lowest BCUT2D eigenvalue weighted by molar-refractivity contribution is -0.126. The van der Waals surface area contributed by atoms with Crippen molar-refractivity contribution in [3.8, 4) is 0 Å². The van der Waals surface area contributed by atoms with Crippen LogP contribution in [0.15, 0.2) is 24.3 Å². The Balaban J connectivity index is 1.73. The molecule has 0 N–H and O–H groups in total. The van der Waals surface area contributed by atoms with E-state index in [-0.39, 0.29) is 18.1 Å².